The monoisotopic (exact) mass is 708 g/mol. The fraction of sp³-hybridized carbons (Fsp3) is 0.102. The first-order chi connectivity index (χ1) is 27.2. The maximum absolute atomic E-state index is 5.08. The third-order valence-electron chi connectivity index (χ3n) is 10.8. The van der Waals surface area contributed by atoms with E-state index in [9.17, 15) is 0 Å². The highest BCUT2D eigenvalue weighted by molar-refractivity contribution is 5.76. The summed E-state index contributed by atoms with van der Waals surface area (Å²) in [5, 5.41) is 0. The molecule has 6 nitrogen and oxygen atoms in total. The lowest BCUT2D eigenvalue weighted by Gasteiger charge is -2.18. The lowest BCUT2D eigenvalue weighted by atomic mass is 9.86. The lowest BCUT2D eigenvalue weighted by Crippen LogP contribution is -2.05. The summed E-state index contributed by atoms with van der Waals surface area (Å²) in [6.07, 6.45) is 7.34. The summed E-state index contributed by atoms with van der Waals surface area (Å²) in [7, 11) is 0. The first-order valence-corrected chi connectivity index (χ1v) is 18.9. The van der Waals surface area contributed by atoms with Crippen LogP contribution in [-0.2, 0) is 0 Å². The molecular formula is C49H36N6. The van der Waals surface area contributed by atoms with Gasteiger partial charge in [-0.05, 0) is 59.4 Å². The van der Waals surface area contributed by atoms with Gasteiger partial charge in [-0.3, -0.25) is 0 Å². The molecule has 0 spiro atoms. The van der Waals surface area contributed by atoms with Gasteiger partial charge in [-0.2, -0.15) is 0 Å². The van der Waals surface area contributed by atoms with E-state index >= 15 is 0 Å². The Hall–Kier alpha value is -6.92. The predicted molar refractivity (Wildman–Crippen MR) is 219 cm³/mol. The number of hydrogen-bond acceptors (Lipinski definition) is 6. The van der Waals surface area contributed by atoms with E-state index in [0.29, 0.717) is 46.8 Å². The summed E-state index contributed by atoms with van der Waals surface area (Å²) in [4.78, 5) is 29.9. The number of fused-ring (bicyclic) bond motifs is 2. The van der Waals surface area contributed by atoms with Crippen LogP contribution in [0.25, 0.3) is 79.5 Å². The van der Waals surface area contributed by atoms with Crippen molar-refractivity contribution < 1.29 is 0 Å². The molecule has 55 heavy (non-hydrogen) atoms. The Morgan fingerprint density at radius 1 is 0.309 bits per heavy atom. The molecule has 2 aliphatic carbocycles. The molecule has 262 valence electrons. The Kier molecular flexibility index (Phi) is 8.41. The summed E-state index contributed by atoms with van der Waals surface area (Å²) in [6.45, 7) is 0. The van der Waals surface area contributed by atoms with Gasteiger partial charge in [0.05, 0.1) is 0 Å². The number of allylic oxidation sites excluding steroid dienone is 2. The number of aromatic nitrogens is 6. The van der Waals surface area contributed by atoms with Crippen LogP contribution in [0.1, 0.15) is 24.3 Å². The van der Waals surface area contributed by atoms with Crippen LogP contribution >= 0.6 is 0 Å². The van der Waals surface area contributed by atoms with Crippen molar-refractivity contribution in [1.29, 1.82) is 0 Å². The maximum atomic E-state index is 5.08. The molecule has 2 aliphatic rings. The van der Waals surface area contributed by atoms with E-state index in [1.165, 1.54) is 18.4 Å². The van der Waals surface area contributed by atoms with Crippen molar-refractivity contribution in [2.24, 2.45) is 11.8 Å². The van der Waals surface area contributed by atoms with E-state index < -0.39 is 0 Å². The molecule has 0 saturated heterocycles. The SMILES string of the molecule is C1=CC2CC1CC2c1ccc(-c2nc(-c3ccccc3)nc(-c3cccc(-c4cccc(-c5nc(-c6ccccc6)nc(-c6ccccc6)n5)c4)c3)n2)cc1. The van der Waals surface area contributed by atoms with Gasteiger partial charge in [0.1, 0.15) is 0 Å². The molecule has 2 aromatic heterocycles. The average molecular weight is 709 g/mol. The van der Waals surface area contributed by atoms with Crippen molar-refractivity contribution in [3.05, 3.63) is 182 Å². The zero-order valence-electron chi connectivity index (χ0n) is 30.1. The number of rotatable bonds is 8. The van der Waals surface area contributed by atoms with Gasteiger partial charge in [-0.25, -0.2) is 29.9 Å². The largest absolute Gasteiger partial charge is 0.208 e. The van der Waals surface area contributed by atoms with Gasteiger partial charge in [0.15, 0.2) is 34.9 Å². The number of hydrogen-bond donors (Lipinski definition) is 0. The van der Waals surface area contributed by atoms with Gasteiger partial charge in [0.25, 0.3) is 0 Å². The second kappa shape index (κ2) is 14.1. The number of benzene rings is 6. The van der Waals surface area contributed by atoms with Crippen molar-refractivity contribution in [3.63, 3.8) is 0 Å². The molecule has 3 atom stereocenters. The Balaban J connectivity index is 1.02. The highest BCUT2D eigenvalue weighted by Gasteiger charge is 2.36. The quantitative estimate of drug-likeness (QED) is 0.146. The lowest BCUT2D eigenvalue weighted by molar-refractivity contribution is 0.586. The van der Waals surface area contributed by atoms with Gasteiger partial charge < -0.3 is 0 Å². The van der Waals surface area contributed by atoms with Crippen molar-refractivity contribution in [2.45, 2.75) is 18.8 Å². The highest BCUT2D eigenvalue weighted by Crippen LogP contribution is 2.49. The van der Waals surface area contributed by atoms with E-state index in [4.69, 9.17) is 29.9 Å². The standard InChI is InChI=1S/C49H36N6/c1-4-12-34(13-5-1)44-50-45(35-14-6-2-7-15-35)53-48(52-44)41-20-10-18-38(30-41)39-19-11-21-42(31-39)49-54-46(36-16-8-3-9-17-36)51-47(55-49)37-26-24-33(25-27-37)43-29-32-22-23-40(43)28-32/h1-27,30-32,40,43H,28-29H2. The van der Waals surface area contributed by atoms with Gasteiger partial charge in [0.2, 0.25) is 0 Å². The van der Waals surface area contributed by atoms with Crippen molar-refractivity contribution in [3.8, 4) is 79.5 Å². The van der Waals surface area contributed by atoms with Crippen molar-refractivity contribution in [2.75, 3.05) is 0 Å². The first-order valence-electron chi connectivity index (χ1n) is 18.9. The smallest absolute Gasteiger partial charge is 0.164 e. The molecule has 8 aromatic rings. The van der Waals surface area contributed by atoms with E-state index in [1.54, 1.807) is 0 Å². The van der Waals surface area contributed by atoms with Crippen LogP contribution in [0.15, 0.2) is 176 Å². The topological polar surface area (TPSA) is 77.3 Å². The predicted octanol–water partition coefficient (Wildman–Crippen LogP) is 11.4. The van der Waals surface area contributed by atoms with Crippen molar-refractivity contribution in [1.82, 2.24) is 29.9 Å². The van der Waals surface area contributed by atoms with Gasteiger partial charge in [-0.15, -0.1) is 0 Å². The minimum absolute atomic E-state index is 0.598. The second-order valence-corrected chi connectivity index (χ2v) is 14.4. The Bertz CT molecular complexity index is 2600. The van der Waals surface area contributed by atoms with Gasteiger partial charge >= 0.3 is 0 Å². The zero-order valence-corrected chi connectivity index (χ0v) is 30.1. The van der Waals surface area contributed by atoms with Crippen LogP contribution in [-0.4, -0.2) is 29.9 Å². The summed E-state index contributed by atoms with van der Waals surface area (Å²) in [5.74, 6) is 5.81. The molecule has 0 aliphatic heterocycles. The third-order valence-corrected chi connectivity index (χ3v) is 10.8. The molecule has 2 heterocycles. The molecule has 0 radical (unpaired) electrons. The summed E-state index contributed by atoms with van der Waals surface area (Å²) >= 11 is 0. The molecule has 3 unspecified atom stereocenters. The van der Waals surface area contributed by atoms with Gasteiger partial charge in [-0.1, -0.05) is 164 Å². The van der Waals surface area contributed by atoms with Crippen molar-refractivity contribution >= 4 is 0 Å². The van der Waals surface area contributed by atoms with Crippen LogP contribution < -0.4 is 0 Å². The minimum atomic E-state index is 0.598. The molecule has 1 fully saturated rings. The van der Waals surface area contributed by atoms with Crippen LogP contribution in [0.5, 0.6) is 0 Å². The summed E-state index contributed by atoms with van der Waals surface area (Å²) in [5.41, 5.74) is 9.08. The normalized spacial score (nSPS) is 17.1. The molecule has 2 bridgehead atoms. The van der Waals surface area contributed by atoms with Crippen LogP contribution in [0.4, 0.5) is 0 Å². The molecule has 0 N–H and O–H groups in total. The first kappa shape index (κ1) is 32.7. The van der Waals surface area contributed by atoms with E-state index in [0.717, 1.165) is 50.4 Å². The summed E-state index contributed by atoms with van der Waals surface area (Å²) in [6, 6.07) is 55.9. The maximum Gasteiger partial charge on any atom is 0.164 e. The fourth-order valence-electron chi connectivity index (χ4n) is 8.01. The zero-order chi connectivity index (χ0) is 36.6. The number of nitrogens with zero attached hydrogens (tertiary/aromatic N) is 6. The molecule has 6 heteroatoms. The molecular weight excluding hydrogens is 673 g/mol. The van der Waals surface area contributed by atoms with Crippen LogP contribution in [0, 0.1) is 11.8 Å². The highest BCUT2D eigenvalue weighted by atomic mass is 15.0. The van der Waals surface area contributed by atoms with E-state index in [2.05, 4.69) is 84.9 Å². The molecule has 0 amide bonds. The summed E-state index contributed by atoms with van der Waals surface area (Å²) < 4.78 is 0. The van der Waals surface area contributed by atoms with Gasteiger partial charge in [0, 0.05) is 33.4 Å². The molecule has 1 saturated carbocycles. The molecule has 10 rings (SSSR count). The molecule has 6 aromatic carbocycles. The van der Waals surface area contributed by atoms with Crippen LogP contribution in [0.3, 0.4) is 0 Å². The van der Waals surface area contributed by atoms with E-state index in [-0.39, 0.29) is 0 Å². The Morgan fingerprint density at radius 3 is 1.05 bits per heavy atom. The third kappa shape index (κ3) is 6.64. The Labute approximate surface area is 320 Å². The minimum Gasteiger partial charge on any atom is -0.208 e. The van der Waals surface area contributed by atoms with E-state index in [1.807, 2.05) is 91.0 Å². The Morgan fingerprint density at radius 2 is 0.673 bits per heavy atom. The van der Waals surface area contributed by atoms with Crippen LogP contribution in [0.2, 0.25) is 0 Å². The average Bonchev–Trinajstić information content (AvgIpc) is 3.92. The second-order valence-electron chi connectivity index (χ2n) is 14.4. The fourth-order valence-corrected chi connectivity index (χ4v) is 8.01.